The van der Waals surface area contributed by atoms with Crippen molar-refractivity contribution in [1.29, 1.82) is 0 Å². The van der Waals surface area contributed by atoms with Gasteiger partial charge in [0.2, 0.25) is 0 Å². The van der Waals surface area contributed by atoms with E-state index in [-0.39, 0.29) is 32.4 Å². The molecule has 0 spiro atoms. The minimum atomic E-state index is -1.18. The van der Waals surface area contributed by atoms with Gasteiger partial charge in [-0.3, -0.25) is 0 Å². The summed E-state index contributed by atoms with van der Waals surface area (Å²) in [6.45, 7) is 7.08. The molecule has 0 bridgehead atoms. The number of hydrogen-bond acceptors (Lipinski definition) is 0. The molecule has 6 aromatic rings. The molecule has 0 nitrogen and oxygen atoms in total. The molecule has 0 heterocycles. The van der Waals surface area contributed by atoms with Crippen molar-refractivity contribution in [3.8, 4) is 0 Å². The maximum atomic E-state index is 3.77. The lowest BCUT2D eigenvalue weighted by Gasteiger charge is -2.63. The lowest BCUT2D eigenvalue weighted by molar-refractivity contribution is 0.482. The molecule has 0 radical (unpaired) electrons. The van der Waals surface area contributed by atoms with Crippen molar-refractivity contribution in [2.24, 2.45) is 0 Å². The third-order valence-corrected chi connectivity index (χ3v) is 21.0. The Balaban J connectivity index is 1.88. The summed E-state index contributed by atoms with van der Waals surface area (Å²) in [6, 6.07) is 69.9. The SMILES string of the molecule is CCCCC(c1ccccc1)C(P)(c1ccccc1)P(C(P)(c1ccccc1)C(CCCC)c1ccccc1)C(P)(c1ccccc1)C(CCCC)c1ccccc1. The second-order valence-electron chi connectivity index (χ2n) is 16.2. The highest BCUT2D eigenvalue weighted by Gasteiger charge is 2.63. The molecule has 9 atom stereocenters. The molecule has 0 aliphatic rings. The Kier molecular flexibility index (Phi) is 16.5. The molecular weight excluding hydrogens is 772 g/mol. The molecule has 302 valence electrons. The molecular formula is C54H66P4. The Labute approximate surface area is 360 Å². The highest BCUT2D eigenvalue weighted by molar-refractivity contribution is 7.77. The lowest BCUT2D eigenvalue weighted by Crippen LogP contribution is -2.44. The minimum Gasteiger partial charge on any atom is -0.121 e. The number of hydrogen-bond donors (Lipinski definition) is 0. The Morgan fingerprint density at radius 1 is 0.345 bits per heavy atom. The number of benzene rings is 6. The second kappa shape index (κ2) is 21.5. The third kappa shape index (κ3) is 9.49. The van der Waals surface area contributed by atoms with Gasteiger partial charge in [0.1, 0.15) is 0 Å². The van der Waals surface area contributed by atoms with Gasteiger partial charge in [-0.15, -0.1) is 27.7 Å². The quantitative estimate of drug-likeness (QED) is 0.0634. The fourth-order valence-electron chi connectivity index (χ4n) is 9.70. The fourth-order valence-corrected chi connectivity index (χ4v) is 21.4. The van der Waals surface area contributed by atoms with Crippen molar-refractivity contribution in [3.63, 3.8) is 0 Å². The van der Waals surface area contributed by atoms with E-state index in [4.69, 9.17) is 0 Å². The monoisotopic (exact) mass is 838 g/mol. The van der Waals surface area contributed by atoms with Crippen molar-refractivity contribution < 1.29 is 0 Å². The van der Waals surface area contributed by atoms with Crippen molar-refractivity contribution in [1.82, 2.24) is 0 Å². The van der Waals surface area contributed by atoms with Crippen molar-refractivity contribution >= 4 is 35.6 Å². The minimum absolute atomic E-state index is 0.227. The topological polar surface area (TPSA) is 0 Å². The van der Waals surface area contributed by atoms with Gasteiger partial charge in [0.05, 0.1) is 0 Å². The maximum Gasteiger partial charge on any atom is 0.0386 e. The summed E-state index contributed by atoms with van der Waals surface area (Å²) in [5, 5.41) is 0. The fraction of sp³-hybridized carbons (Fsp3) is 0.333. The van der Waals surface area contributed by atoms with Gasteiger partial charge in [-0.1, -0.05) is 249 Å². The summed E-state index contributed by atoms with van der Waals surface area (Å²) in [6.07, 6.45) is 10.2. The van der Waals surface area contributed by atoms with E-state index in [2.05, 4.69) is 230 Å². The van der Waals surface area contributed by atoms with Crippen LogP contribution in [-0.2, 0) is 14.7 Å². The van der Waals surface area contributed by atoms with Crippen LogP contribution in [0, 0.1) is 0 Å². The van der Waals surface area contributed by atoms with Crippen LogP contribution in [0.25, 0.3) is 0 Å². The van der Waals surface area contributed by atoms with E-state index in [1.54, 1.807) is 0 Å². The van der Waals surface area contributed by atoms with Crippen molar-refractivity contribution in [3.05, 3.63) is 215 Å². The molecule has 9 unspecified atom stereocenters. The predicted molar refractivity (Wildman–Crippen MR) is 267 cm³/mol. The average molecular weight is 839 g/mol. The predicted octanol–water partition coefficient (Wildman–Crippen LogP) is 16.6. The van der Waals surface area contributed by atoms with E-state index in [0.717, 1.165) is 57.8 Å². The van der Waals surface area contributed by atoms with Gasteiger partial charge in [-0.25, -0.2) is 0 Å². The standard InChI is InChI=1S/C54H66P4/c1-4-7-40-49(43-28-16-10-17-29-43)52(55,46-34-22-13-23-35-46)58(53(56,47-36-24-14-25-37-47)50(41-8-5-2)44-30-18-11-19-31-44)54(57,48-38-26-15-27-39-48)51(42-9-6-3)45-32-20-12-21-33-45/h10-39,49-51H,4-9,40-42,55-57H2,1-3H3. The Morgan fingerprint density at radius 3 is 0.759 bits per heavy atom. The van der Waals surface area contributed by atoms with E-state index in [9.17, 15) is 0 Å². The molecule has 0 aliphatic carbocycles. The van der Waals surface area contributed by atoms with Gasteiger partial charge in [-0.05, 0) is 52.6 Å². The highest BCUT2D eigenvalue weighted by Crippen LogP contribution is 2.90. The van der Waals surface area contributed by atoms with Crippen LogP contribution in [0.4, 0.5) is 0 Å². The molecule has 6 rings (SSSR count). The zero-order valence-electron chi connectivity index (χ0n) is 35.1. The van der Waals surface area contributed by atoms with Gasteiger partial charge in [0.15, 0.2) is 0 Å². The Morgan fingerprint density at radius 2 is 0.552 bits per heavy atom. The van der Waals surface area contributed by atoms with Gasteiger partial charge in [-0.2, -0.15) is 0 Å². The van der Waals surface area contributed by atoms with Crippen LogP contribution in [0.3, 0.4) is 0 Å². The van der Waals surface area contributed by atoms with Crippen LogP contribution >= 0.6 is 35.6 Å². The van der Waals surface area contributed by atoms with Gasteiger partial charge >= 0.3 is 0 Å². The Hall–Kier alpha value is -2.96. The smallest absolute Gasteiger partial charge is 0.0386 e. The molecule has 0 saturated heterocycles. The molecule has 58 heavy (non-hydrogen) atoms. The largest absolute Gasteiger partial charge is 0.121 e. The molecule has 0 aliphatic heterocycles. The van der Waals surface area contributed by atoms with Crippen LogP contribution in [0.5, 0.6) is 0 Å². The first-order valence-corrected chi connectivity index (χ1v) is 24.9. The molecule has 6 aromatic carbocycles. The molecule has 0 fully saturated rings. The Bertz CT molecular complexity index is 1800. The molecule has 0 N–H and O–H groups in total. The zero-order chi connectivity index (χ0) is 40.9. The van der Waals surface area contributed by atoms with E-state index >= 15 is 0 Å². The zero-order valence-corrected chi connectivity index (χ0v) is 39.5. The average Bonchev–Trinajstić information content (AvgIpc) is 3.28. The lowest BCUT2D eigenvalue weighted by atomic mass is 9.85. The van der Waals surface area contributed by atoms with Gasteiger partial charge < -0.3 is 0 Å². The first kappa shape index (κ1) is 44.6. The summed E-state index contributed by atoms with van der Waals surface area (Å²) >= 11 is 0. The van der Waals surface area contributed by atoms with Crippen LogP contribution in [0.15, 0.2) is 182 Å². The van der Waals surface area contributed by atoms with Gasteiger partial charge in [0.25, 0.3) is 0 Å². The van der Waals surface area contributed by atoms with E-state index < -0.39 is 7.92 Å². The summed E-state index contributed by atoms with van der Waals surface area (Å²) < 4.78 is 0. The molecule has 4 heteroatoms. The third-order valence-electron chi connectivity index (χ3n) is 12.6. The maximum absolute atomic E-state index is 3.77. The van der Waals surface area contributed by atoms with Crippen LogP contribution in [-0.4, -0.2) is 0 Å². The normalized spacial score (nSPS) is 16.9. The second-order valence-corrected chi connectivity index (χ2v) is 23.3. The van der Waals surface area contributed by atoms with E-state index in [1.165, 1.54) is 33.4 Å². The first-order chi connectivity index (χ1) is 28.3. The van der Waals surface area contributed by atoms with Crippen molar-refractivity contribution in [2.45, 2.75) is 111 Å². The van der Waals surface area contributed by atoms with Crippen LogP contribution < -0.4 is 0 Å². The first-order valence-electron chi connectivity index (χ1n) is 21.8. The number of unbranched alkanes of at least 4 members (excludes halogenated alkanes) is 3. The molecule has 0 saturated carbocycles. The van der Waals surface area contributed by atoms with Gasteiger partial charge in [0, 0.05) is 32.4 Å². The van der Waals surface area contributed by atoms with Crippen LogP contribution in [0.1, 0.15) is 130 Å². The van der Waals surface area contributed by atoms with Crippen molar-refractivity contribution in [2.75, 3.05) is 0 Å². The summed E-state index contributed by atoms with van der Waals surface area (Å²) in [4.78, 5) is -1.16. The molecule has 0 amide bonds. The van der Waals surface area contributed by atoms with E-state index in [0.29, 0.717) is 0 Å². The summed E-state index contributed by atoms with van der Waals surface area (Å²) in [7, 11) is 10.1. The summed E-state index contributed by atoms with van der Waals surface area (Å²) in [5.41, 5.74) is 8.51. The van der Waals surface area contributed by atoms with E-state index in [1.807, 2.05) is 0 Å². The van der Waals surface area contributed by atoms with Crippen LogP contribution in [0.2, 0.25) is 0 Å². The number of rotatable bonds is 21. The highest BCUT2D eigenvalue weighted by atomic mass is 31.2. The summed E-state index contributed by atoms with van der Waals surface area (Å²) in [5.74, 6) is 0.680. The molecule has 0 aromatic heterocycles.